The van der Waals surface area contributed by atoms with Crippen LogP contribution in [0.4, 0.5) is 11.4 Å². The number of piperazine rings is 1. The van der Waals surface area contributed by atoms with Gasteiger partial charge in [-0.1, -0.05) is 30.3 Å². The highest BCUT2D eigenvalue weighted by molar-refractivity contribution is 5.97. The lowest BCUT2D eigenvalue weighted by molar-refractivity contribution is -0.130. The Balaban J connectivity index is 1.41. The minimum Gasteiger partial charge on any atom is -0.479 e. The van der Waals surface area contributed by atoms with E-state index >= 15 is 0 Å². The monoisotopic (exact) mass is 365 g/mol. The van der Waals surface area contributed by atoms with E-state index in [1.54, 1.807) is 0 Å². The number of benzene rings is 2. The Kier molecular flexibility index (Phi) is 4.71. The molecule has 1 fully saturated rings. The molecule has 0 atom stereocenters. The molecular weight excluding hydrogens is 342 g/mol. The minimum absolute atomic E-state index is 0.0406. The molecule has 2 heterocycles. The number of carbonyl (C=O) groups excluding carboxylic acids is 2. The molecule has 2 aliphatic rings. The second-order valence-corrected chi connectivity index (χ2v) is 6.96. The molecule has 2 aromatic rings. The summed E-state index contributed by atoms with van der Waals surface area (Å²) in [7, 11) is 0. The fraction of sp³-hybridized carbons (Fsp3) is 0.333. The summed E-state index contributed by atoms with van der Waals surface area (Å²) >= 11 is 0. The highest BCUT2D eigenvalue weighted by atomic mass is 16.5. The van der Waals surface area contributed by atoms with Crippen LogP contribution >= 0.6 is 0 Å². The van der Waals surface area contributed by atoms with Gasteiger partial charge in [-0.15, -0.1) is 0 Å². The van der Waals surface area contributed by atoms with Crippen LogP contribution in [0.1, 0.15) is 11.1 Å². The van der Waals surface area contributed by atoms with Crippen molar-refractivity contribution < 1.29 is 14.3 Å². The molecule has 6 heteroatoms. The van der Waals surface area contributed by atoms with Crippen molar-refractivity contribution >= 4 is 23.2 Å². The van der Waals surface area contributed by atoms with Gasteiger partial charge in [0.15, 0.2) is 12.4 Å². The maximum atomic E-state index is 12.7. The molecule has 1 saturated heterocycles. The molecule has 0 aromatic heterocycles. The van der Waals surface area contributed by atoms with Gasteiger partial charge in [0.25, 0.3) is 5.91 Å². The molecule has 140 valence electrons. The number of hydrogen-bond donors (Lipinski definition) is 1. The number of amides is 2. The van der Waals surface area contributed by atoms with E-state index < -0.39 is 0 Å². The lowest BCUT2D eigenvalue weighted by atomic mass is 10.1. The predicted octanol–water partition coefficient (Wildman–Crippen LogP) is 2.22. The van der Waals surface area contributed by atoms with E-state index in [1.165, 1.54) is 0 Å². The standard InChI is InChI=1S/C21H23N3O3/c1-15-5-2-3-6-16(15)13-20(26)24-11-9-23(10-12-24)18-8-4-7-17-21(18)27-14-19(25)22-17/h2-8H,9-14H2,1H3,(H,22,25). The molecule has 0 bridgehead atoms. The van der Waals surface area contributed by atoms with Gasteiger partial charge in [-0.3, -0.25) is 9.59 Å². The molecule has 2 aromatic carbocycles. The maximum Gasteiger partial charge on any atom is 0.262 e. The molecular formula is C21H23N3O3. The molecule has 0 aliphatic carbocycles. The Hall–Kier alpha value is -3.02. The molecule has 0 spiro atoms. The Morgan fingerprint density at radius 1 is 1.07 bits per heavy atom. The van der Waals surface area contributed by atoms with Gasteiger partial charge in [-0.2, -0.15) is 0 Å². The molecule has 0 unspecified atom stereocenters. The van der Waals surface area contributed by atoms with E-state index in [4.69, 9.17) is 4.74 Å². The van der Waals surface area contributed by atoms with Crippen molar-refractivity contribution in [3.63, 3.8) is 0 Å². The first-order valence-corrected chi connectivity index (χ1v) is 9.25. The van der Waals surface area contributed by atoms with Gasteiger partial charge in [0.2, 0.25) is 5.91 Å². The zero-order valence-corrected chi connectivity index (χ0v) is 15.4. The summed E-state index contributed by atoms with van der Waals surface area (Å²) in [6.07, 6.45) is 0.447. The topological polar surface area (TPSA) is 61.9 Å². The van der Waals surface area contributed by atoms with E-state index in [0.29, 0.717) is 25.2 Å². The van der Waals surface area contributed by atoms with Crippen LogP contribution in [0.5, 0.6) is 5.75 Å². The van der Waals surface area contributed by atoms with Crippen LogP contribution in [-0.4, -0.2) is 49.5 Å². The zero-order valence-electron chi connectivity index (χ0n) is 15.4. The molecule has 2 amide bonds. The number of nitrogens with zero attached hydrogens (tertiary/aromatic N) is 2. The van der Waals surface area contributed by atoms with Gasteiger partial charge in [0, 0.05) is 26.2 Å². The van der Waals surface area contributed by atoms with E-state index in [-0.39, 0.29) is 18.4 Å². The number of ether oxygens (including phenoxy) is 1. The first kappa shape index (κ1) is 17.4. The lowest BCUT2D eigenvalue weighted by Crippen LogP contribution is -2.49. The summed E-state index contributed by atoms with van der Waals surface area (Å²) in [6, 6.07) is 13.8. The first-order chi connectivity index (χ1) is 13.1. The third-order valence-electron chi connectivity index (χ3n) is 5.19. The quantitative estimate of drug-likeness (QED) is 0.906. The van der Waals surface area contributed by atoms with Crippen molar-refractivity contribution in [3.05, 3.63) is 53.6 Å². The molecule has 2 aliphatic heterocycles. The van der Waals surface area contributed by atoms with E-state index in [1.807, 2.05) is 54.3 Å². The highest BCUT2D eigenvalue weighted by Crippen LogP contribution is 2.38. The summed E-state index contributed by atoms with van der Waals surface area (Å²) < 4.78 is 5.65. The summed E-state index contributed by atoms with van der Waals surface area (Å²) in [5, 5.41) is 2.84. The van der Waals surface area contributed by atoms with Gasteiger partial charge in [-0.05, 0) is 30.2 Å². The Morgan fingerprint density at radius 2 is 1.85 bits per heavy atom. The Labute approximate surface area is 158 Å². The number of para-hydroxylation sites is 1. The summed E-state index contributed by atoms with van der Waals surface area (Å²) in [4.78, 5) is 28.3. The van der Waals surface area contributed by atoms with Crippen LogP contribution < -0.4 is 15.0 Å². The van der Waals surface area contributed by atoms with Gasteiger partial charge >= 0.3 is 0 Å². The maximum absolute atomic E-state index is 12.7. The molecule has 0 radical (unpaired) electrons. The van der Waals surface area contributed by atoms with Crippen LogP contribution in [0.15, 0.2) is 42.5 Å². The van der Waals surface area contributed by atoms with Crippen molar-refractivity contribution in [2.24, 2.45) is 0 Å². The minimum atomic E-state index is -0.133. The average Bonchev–Trinajstić information content (AvgIpc) is 2.69. The zero-order chi connectivity index (χ0) is 18.8. The number of rotatable bonds is 3. The van der Waals surface area contributed by atoms with Gasteiger partial charge < -0.3 is 19.9 Å². The van der Waals surface area contributed by atoms with Gasteiger partial charge in [0.1, 0.15) is 0 Å². The van der Waals surface area contributed by atoms with E-state index in [9.17, 15) is 9.59 Å². The number of fused-ring (bicyclic) bond motifs is 1. The van der Waals surface area contributed by atoms with Crippen LogP contribution in [0, 0.1) is 6.92 Å². The fourth-order valence-electron chi connectivity index (χ4n) is 3.63. The van der Waals surface area contributed by atoms with Crippen LogP contribution in [0.3, 0.4) is 0 Å². The van der Waals surface area contributed by atoms with E-state index in [0.717, 1.165) is 35.7 Å². The summed E-state index contributed by atoms with van der Waals surface area (Å²) in [5.41, 5.74) is 3.92. The number of nitrogens with one attached hydrogen (secondary N) is 1. The molecule has 4 rings (SSSR count). The molecule has 0 saturated carbocycles. The van der Waals surface area contributed by atoms with Crippen LogP contribution in [-0.2, 0) is 16.0 Å². The van der Waals surface area contributed by atoms with Gasteiger partial charge in [-0.25, -0.2) is 0 Å². The van der Waals surface area contributed by atoms with Crippen LogP contribution in [0.2, 0.25) is 0 Å². The summed E-state index contributed by atoms with van der Waals surface area (Å²) in [5.74, 6) is 0.755. The average molecular weight is 365 g/mol. The predicted molar refractivity (Wildman–Crippen MR) is 104 cm³/mol. The molecule has 27 heavy (non-hydrogen) atoms. The van der Waals surface area contributed by atoms with Gasteiger partial charge in [0.05, 0.1) is 17.8 Å². The third kappa shape index (κ3) is 3.60. The van der Waals surface area contributed by atoms with Crippen molar-refractivity contribution in [2.75, 3.05) is 43.0 Å². The van der Waals surface area contributed by atoms with Crippen molar-refractivity contribution in [1.29, 1.82) is 0 Å². The SMILES string of the molecule is Cc1ccccc1CC(=O)N1CCN(c2cccc3c2OCC(=O)N3)CC1. The largest absolute Gasteiger partial charge is 0.479 e. The number of carbonyl (C=O) groups is 2. The van der Waals surface area contributed by atoms with E-state index in [2.05, 4.69) is 10.2 Å². The second-order valence-electron chi connectivity index (χ2n) is 6.96. The normalized spacial score (nSPS) is 16.4. The molecule has 1 N–H and O–H groups in total. The Bertz CT molecular complexity index is 873. The molecule has 6 nitrogen and oxygen atoms in total. The number of aryl methyl sites for hydroxylation is 1. The number of anilines is 2. The van der Waals surface area contributed by atoms with Crippen LogP contribution in [0.25, 0.3) is 0 Å². The van der Waals surface area contributed by atoms with Crippen molar-refractivity contribution in [3.8, 4) is 5.75 Å². The summed E-state index contributed by atoms with van der Waals surface area (Å²) in [6.45, 7) is 4.93. The lowest BCUT2D eigenvalue weighted by Gasteiger charge is -2.37. The Morgan fingerprint density at radius 3 is 2.63 bits per heavy atom. The smallest absolute Gasteiger partial charge is 0.262 e. The first-order valence-electron chi connectivity index (χ1n) is 9.25. The number of hydrogen-bond acceptors (Lipinski definition) is 4. The fourth-order valence-corrected chi connectivity index (χ4v) is 3.63. The third-order valence-corrected chi connectivity index (χ3v) is 5.19. The van der Waals surface area contributed by atoms with Crippen molar-refractivity contribution in [1.82, 2.24) is 4.90 Å². The van der Waals surface area contributed by atoms with Crippen molar-refractivity contribution in [2.45, 2.75) is 13.3 Å². The second kappa shape index (κ2) is 7.31. The highest BCUT2D eigenvalue weighted by Gasteiger charge is 2.26.